The van der Waals surface area contributed by atoms with E-state index in [1.807, 2.05) is 0 Å². The van der Waals surface area contributed by atoms with E-state index in [4.69, 9.17) is 9.73 Å². The van der Waals surface area contributed by atoms with Crippen molar-refractivity contribution in [2.24, 2.45) is 10.9 Å². The average molecular weight is 440 g/mol. The van der Waals surface area contributed by atoms with E-state index in [2.05, 4.69) is 43.2 Å². The molecule has 1 unspecified atom stereocenters. The monoisotopic (exact) mass is 440 g/mol. The van der Waals surface area contributed by atoms with Crippen molar-refractivity contribution in [3.8, 4) is 0 Å². The summed E-state index contributed by atoms with van der Waals surface area (Å²) in [6.45, 7) is 15.3. The molecule has 0 saturated carbocycles. The lowest BCUT2D eigenvalue weighted by Gasteiger charge is -2.21. The molecule has 0 bridgehead atoms. The number of hydrogen-bond acceptors (Lipinski definition) is 3. The van der Waals surface area contributed by atoms with Gasteiger partial charge in [0.1, 0.15) is 0 Å². The largest absolute Gasteiger partial charge is 0.380 e. The fourth-order valence-corrected chi connectivity index (χ4v) is 2.72. The summed E-state index contributed by atoms with van der Waals surface area (Å²) in [6, 6.07) is 0.614. The summed E-state index contributed by atoms with van der Waals surface area (Å²) in [6.07, 6.45) is 3.71. The average Bonchev–Trinajstić information content (AvgIpc) is 2.95. The molecule has 23 heavy (non-hydrogen) atoms. The summed E-state index contributed by atoms with van der Waals surface area (Å²) in [4.78, 5) is 7.27. The number of hydrogen-bond donors (Lipinski definition) is 2. The van der Waals surface area contributed by atoms with Crippen LogP contribution in [0, 0.1) is 5.92 Å². The number of nitrogens with one attached hydrogen (secondary N) is 2. The third kappa shape index (κ3) is 10.4. The van der Waals surface area contributed by atoms with Gasteiger partial charge in [-0.2, -0.15) is 0 Å². The fourth-order valence-electron chi connectivity index (χ4n) is 2.72. The number of rotatable bonds is 10. The van der Waals surface area contributed by atoms with Crippen LogP contribution < -0.4 is 10.6 Å². The highest BCUT2D eigenvalue weighted by Crippen LogP contribution is 2.16. The highest BCUT2D eigenvalue weighted by Gasteiger charge is 2.22. The number of likely N-dealkylation sites (N-methyl/N-ethyl adjacent to an activating group) is 1. The first-order chi connectivity index (χ1) is 10.7. The van der Waals surface area contributed by atoms with Gasteiger partial charge in [0.2, 0.25) is 0 Å². The van der Waals surface area contributed by atoms with Crippen LogP contribution >= 0.6 is 24.0 Å². The van der Waals surface area contributed by atoms with Crippen LogP contribution in [0.1, 0.15) is 47.0 Å². The number of guanidine groups is 1. The second kappa shape index (κ2) is 14.3. The molecule has 2 N–H and O–H groups in total. The maximum Gasteiger partial charge on any atom is 0.191 e. The van der Waals surface area contributed by atoms with E-state index >= 15 is 0 Å². The van der Waals surface area contributed by atoms with Crippen LogP contribution in [0.3, 0.4) is 0 Å². The van der Waals surface area contributed by atoms with E-state index in [1.54, 1.807) is 0 Å². The van der Waals surface area contributed by atoms with Crippen LogP contribution in [-0.4, -0.2) is 62.8 Å². The van der Waals surface area contributed by atoms with Gasteiger partial charge in [-0.15, -0.1) is 24.0 Å². The Kier molecular flexibility index (Phi) is 14.2. The Bertz CT molecular complexity index is 313. The molecule has 0 aliphatic carbocycles. The summed E-state index contributed by atoms with van der Waals surface area (Å²) in [5.74, 6) is 1.62. The Morgan fingerprint density at radius 3 is 2.70 bits per heavy atom. The van der Waals surface area contributed by atoms with Crippen molar-refractivity contribution < 1.29 is 4.74 Å². The topological polar surface area (TPSA) is 48.9 Å². The van der Waals surface area contributed by atoms with Crippen LogP contribution in [0.15, 0.2) is 4.99 Å². The van der Waals surface area contributed by atoms with Gasteiger partial charge in [0.15, 0.2) is 5.96 Å². The maximum atomic E-state index is 5.63. The molecule has 138 valence electrons. The first kappa shape index (κ1) is 22.9. The molecule has 0 spiro atoms. The Morgan fingerprint density at radius 2 is 2.04 bits per heavy atom. The van der Waals surface area contributed by atoms with E-state index in [0.29, 0.717) is 12.0 Å². The van der Waals surface area contributed by atoms with Gasteiger partial charge in [-0.3, -0.25) is 9.89 Å². The summed E-state index contributed by atoms with van der Waals surface area (Å²) in [5.41, 5.74) is 0. The molecule has 0 aromatic carbocycles. The summed E-state index contributed by atoms with van der Waals surface area (Å²) in [7, 11) is 0. The van der Waals surface area contributed by atoms with E-state index in [-0.39, 0.29) is 24.0 Å². The Morgan fingerprint density at radius 1 is 1.26 bits per heavy atom. The quantitative estimate of drug-likeness (QED) is 0.237. The fraction of sp³-hybridized carbons (Fsp3) is 0.941. The van der Waals surface area contributed by atoms with Gasteiger partial charge >= 0.3 is 0 Å². The molecule has 0 aromatic rings. The van der Waals surface area contributed by atoms with Gasteiger partial charge in [0, 0.05) is 25.7 Å². The molecular weight excluding hydrogens is 403 g/mol. The molecule has 0 amide bonds. The van der Waals surface area contributed by atoms with Crippen LogP contribution in [-0.2, 0) is 4.74 Å². The Labute approximate surface area is 160 Å². The van der Waals surface area contributed by atoms with Gasteiger partial charge in [-0.05, 0) is 45.2 Å². The first-order valence-electron chi connectivity index (χ1n) is 9.01. The van der Waals surface area contributed by atoms with Gasteiger partial charge in [0.25, 0.3) is 0 Å². The molecule has 1 rings (SSSR count). The second-order valence-electron chi connectivity index (χ2n) is 6.37. The minimum Gasteiger partial charge on any atom is -0.380 e. The van der Waals surface area contributed by atoms with Gasteiger partial charge in [0.05, 0.1) is 13.2 Å². The van der Waals surface area contributed by atoms with Crippen LogP contribution in [0.4, 0.5) is 0 Å². The Hall–Kier alpha value is -0.0800. The van der Waals surface area contributed by atoms with Gasteiger partial charge in [-0.1, -0.05) is 20.8 Å². The normalized spacial score (nSPS) is 19.0. The molecule has 0 radical (unpaired) electrons. The zero-order chi connectivity index (χ0) is 16.2. The number of ether oxygens (including phenoxy) is 1. The Balaban J connectivity index is 0.00000484. The molecule has 1 aliphatic rings. The molecule has 5 nitrogen and oxygen atoms in total. The van der Waals surface area contributed by atoms with Crippen molar-refractivity contribution in [3.05, 3.63) is 0 Å². The van der Waals surface area contributed by atoms with Crippen molar-refractivity contribution in [1.29, 1.82) is 0 Å². The standard InChI is InChI=1S/C17H36N4O.HI/c1-5-18-17(19-10-13-22-12-9-15(3)4)20-14-16-8-7-11-21(16)6-2;/h15-16H,5-14H2,1-4H3,(H2,18,19,20);1H. The lowest BCUT2D eigenvalue weighted by molar-refractivity contribution is 0.128. The lowest BCUT2D eigenvalue weighted by Crippen LogP contribution is -2.40. The molecule has 6 heteroatoms. The van der Waals surface area contributed by atoms with Crippen molar-refractivity contribution >= 4 is 29.9 Å². The highest BCUT2D eigenvalue weighted by molar-refractivity contribution is 14.0. The predicted molar refractivity (Wildman–Crippen MR) is 110 cm³/mol. The number of halogens is 1. The molecule has 1 aliphatic heterocycles. The SMILES string of the molecule is CCNC(=NCC1CCCN1CC)NCCOCCC(C)C.I. The molecule has 1 saturated heterocycles. The second-order valence-corrected chi connectivity index (χ2v) is 6.37. The van der Waals surface area contributed by atoms with E-state index in [9.17, 15) is 0 Å². The zero-order valence-electron chi connectivity index (χ0n) is 15.4. The molecule has 1 fully saturated rings. The minimum atomic E-state index is 0. The van der Waals surface area contributed by atoms with Crippen LogP contribution in [0.2, 0.25) is 0 Å². The zero-order valence-corrected chi connectivity index (χ0v) is 17.8. The molecular formula is C17H37IN4O. The predicted octanol–water partition coefficient (Wildman–Crippen LogP) is 2.71. The number of nitrogens with zero attached hydrogens (tertiary/aromatic N) is 2. The van der Waals surface area contributed by atoms with Crippen molar-refractivity contribution in [2.45, 2.75) is 53.0 Å². The maximum absolute atomic E-state index is 5.63. The number of likely N-dealkylation sites (tertiary alicyclic amines) is 1. The summed E-state index contributed by atoms with van der Waals surface area (Å²) >= 11 is 0. The third-order valence-corrected chi connectivity index (χ3v) is 4.09. The van der Waals surface area contributed by atoms with E-state index in [0.717, 1.165) is 51.8 Å². The molecule has 1 heterocycles. The van der Waals surface area contributed by atoms with Gasteiger partial charge < -0.3 is 15.4 Å². The molecule has 0 aromatic heterocycles. The van der Waals surface area contributed by atoms with Crippen molar-refractivity contribution in [3.63, 3.8) is 0 Å². The van der Waals surface area contributed by atoms with Crippen LogP contribution in [0.5, 0.6) is 0 Å². The van der Waals surface area contributed by atoms with Crippen molar-refractivity contribution in [2.75, 3.05) is 45.9 Å². The van der Waals surface area contributed by atoms with Crippen molar-refractivity contribution in [1.82, 2.24) is 15.5 Å². The smallest absolute Gasteiger partial charge is 0.191 e. The lowest BCUT2D eigenvalue weighted by atomic mass is 10.1. The summed E-state index contributed by atoms with van der Waals surface area (Å²) < 4.78 is 5.63. The van der Waals surface area contributed by atoms with Crippen LogP contribution in [0.25, 0.3) is 0 Å². The molecule has 1 atom stereocenters. The van der Waals surface area contributed by atoms with Gasteiger partial charge in [-0.25, -0.2) is 0 Å². The summed E-state index contributed by atoms with van der Waals surface area (Å²) in [5, 5.41) is 6.67. The highest BCUT2D eigenvalue weighted by atomic mass is 127. The number of aliphatic imine (C=N–C) groups is 1. The minimum absolute atomic E-state index is 0. The van der Waals surface area contributed by atoms with E-state index < -0.39 is 0 Å². The third-order valence-electron chi connectivity index (χ3n) is 4.09. The first-order valence-corrected chi connectivity index (χ1v) is 9.01. The van der Waals surface area contributed by atoms with E-state index in [1.165, 1.54) is 19.4 Å².